The summed E-state index contributed by atoms with van der Waals surface area (Å²) in [5.74, 6) is 1.93. The van der Waals surface area contributed by atoms with E-state index >= 15 is 0 Å². The van der Waals surface area contributed by atoms with Gasteiger partial charge in [-0.1, -0.05) is 24.3 Å². The molecule has 0 fully saturated rings. The topological polar surface area (TPSA) is 26.3 Å². The van der Waals surface area contributed by atoms with Gasteiger partial charge in [0.05, 0.1) is 18.8 Å². The molecule has 4 heteroatoms. The molecule has 0 N–H and O–H groups in total. The van der Waals surface area contributed by atoms with Crippen LogP contribution in [0.1, 0.15) is 11.5 Å². The molecule has 2 nitrogen and oxygen atoms in total. The van der Waals surface area contributed by atoms with Gasteiger partial charge in [0.1, 0.15) is 11.5 Å². The summed E-state index contributed by atoms with van der Waals surface area (Å²) >= 11 is 3.66. The predicted octanol–water partition coefficient (Wildman–Crippen LogP) is 7.38. The van der Waals surface area contributed by atoms with Crippen molar-refractivity contribution in [3.8, 4) is 0 Å². The van der Waals surface area contributed by atoms with Crippen molar-refractivity contribution in [2.24, 2.45) is 0 Å². The zero-order valence-corrected chi connectivity index (χ0v) is 14.7. The van der Waals surface area contributed by atoms with Crippen LogP contribution < -0.4 is 0 Å². The number of aryl methyl sites for hydroxylation is 2. The average molecular weight is 348 g/mol. The summed E-state index contributed by atoms with van der Waals surface area (Å²) in [6.07, 6.45) is 0. The quantitative estimate of drug-likeness (QED) is 0.286. The van der Waals surface area contributed by atoms with Crippen molar-refractivity contribution < 1.29 is 8.83 Å². The van der Waals surface area contributed by atoms with E-state index in [-0.39, 0.29) is 0 Å². The largest absolute Gasteiger partial charge is 0.460 e. The third-order valence-electron chi connectivity index (χ3n) is 4.63. The lowest BCUT2D eigenvalue weighted by atomic mass is 10.2. The lowest BCUT2D eigenvalue weighted by Crippen LogP contribution is -1.65. The Morgan fingerprint density at radius 2 is 1.08 bits per heavy atom. The van der Waals surface area contributed by atoms with Crippen LogP contribution in [0.3, 0.4) is 0 Å². The maximum Gasteiger partial charge on any atom is 0.152 e. The summed E-state index contributed by atoms with van der Waals surface area (Å²) in [5, 5.41) is 4.94. The fourth-order valence-corrected chi connectivity index (χ4v) is 6.44. The van der Waals surface area contributed by atoms with Crippen LogP contribution in [0.4, 0.5) is 0 Å². The molecule has 0 atom stereocenters. The van der Waals surface area contributed by atoms with Gasteiger partial charge in [-0.3, -0.25) is 0 Å². The molecular weight excluding hydrogens is 336 g/mol. The van der Waals surface area contributed by atoms with Crippen molar-refractivity contribution in [1.29, 1.82) is 0 Å². The summed E-state index contributed by atoms with van der Waals surface area (Å²) < 4.78 is 17.1. The highest BCUT2D eigenvalue weighted by molar-refractivity contribution is 7.37. The molecule has 0 aliphatic carbocycles. The van der Waals surface area contributed by atoms with Crippen LogP contribution in [0.25, 0.3) is 51.5 Å². The van der Waals surface area contributed by atoms with E-state index in [2.05, 4.69) is 36.4 Å². The van der Waals surface area contributed by atoms with Crippen molar-refractivity contribution in [2.75, 3.05) is 0 Å². The highest BCUT2D eigenvalue weighted by Crippen LogP contribution is 2.48. The summed E-state index contributed by atoms with van der Waals surface area (Å²) in [5.41, 5.74) is 2.03. The fraction of sp³-hybridized carbons (Fsp3) is 0.100. The Morgan fingerprint density at radius 1 is 0.625 bits per heavy atom. The first-order chi connectivity index (χ1) is 11.7. The number of benzene rings is 2. The molecule has 0 bridgehead atoms. The molecule has 0 radical (unpaired) electrons. The summed E-state index contributed by atoms with van der Waals surface area (Å²) in [4.78, 5) is 0. The molecule has 0 unspecified atom stereocenters. The molecular formula is C20H12O2S2. The third-order valence-corrected chi connectivity index (χ3v) is 7.24. The van der Waals surface area contributed by atoms with Gasteiger partial charge in [-0.15, -0.1) is 22.7 Å². The SMILES string of the molecule is Cc1cc2ccc3c(sc4c5ccc6cc(C)oc6c5sc34)c2o1. The number of fused-ring (bicyclic) bond motifs is 9. The fourth-order valence-electron chi connectivity index (χ4n) is 3.62. The number of rotatable bonds is 0. The Balaban J connectivity index is 1.85. The van der Waals surface area contributed by atoms with Crippen LogP contribution in [0.2, 0.25) is 0 Å². The Hall–Kier alpha value is -2.30. The van der Waals surface area contributed by atoms with Crippen molar-refractivity contribution in [1.82, 2.24) is 0 Å². The van der Waals surface area contributed by atoms with Gasteiger partial charge < -0.3 is 8.83 Å². The molecule has 0 spiro atoms. The minimum absolute atomic E-state index is 0.965. The molecule has 0 amide bonds. The highest BCUT2D eigenvalue weighted by atomic mass is 32.1. The van der Waals surface area contributed by atoms with Crippen LogP contribution in [0, 0.1) is 13.8 Å². The van der Waals surface area contributed by atoms with Gasteiger partial charge in [-0.25, -0.2) is 0 Å². The van der Waals surface area contributed by atoms with E-state index in [0.717, 1.165) is 22.7 Å². The molecule has 6 aromatic rings. The highest BCUT2D eigenvalue weighted by Gasteiger charge is 2.18. The zero-order valence-electron chi connectivity index (χ0n) is 13.1. The van der Waals surface area contributed by atoms with E-state index in [1.54, 1.807) is 0 Å². The van der Waals surface area contributed by atoms with Crippen LogP contribution in [0.15, 0.2) is 45.2 Å². The Bertz CT molecular complexity index is 1310. The van der Waals surface area contributed by atoms with E-state index in [4.69, 9.17) is 8.83 Å². The molecule has 0 aliphatic heterocycles. The van der Waals surface area contributed by atoms with Crippen molar-refractivity contribution >= 4 is 74.2 Å². The number of thiophene rings is 2. The molecule has 116 valence electrons. The van der Waals surface area contributed by atoms with E-state index < -0.39 is 0 Å². The van der Waals surface area contributed by atoms with E-state index in [1.807, 2.05) is 36.5 Å². The molecule has 0 saturated carbocycles. The van der Waals surface area contributed by atoms with E-state index in [0.29, 0.717) is 0 Å². The third kappa shape index (κ3) is 1.50. The van der Waals surface area contributed by atoms with Crippen LogP contribution in [0.5, 0.6) is 0 Å². The first-order valence-corrected chi connectivity index (χ1v) is 9.49. The summed E-state index contributed by atoms with van der Waals surface area (Å²) in [6.45, 7) is 4.01. The van der Waals surface area contributed by atoms with Crippen LogP contribution >= 0.6 is 22.7 Å². The van der Waals surface area contributed by atoms with Crippen LogP contribution in [-0.4, -0.2) is 0 Å². The van der Waals surface area contributed by atoms with Crippen LogP contribution in [-0.2, 0) is 0 Å². The lowest BCUT2D eigenvalue weighted by Gasteiger charge is -1.93. The Kier molecular flexibility index (Phi) is 2.29. The second-order valence-corrected chi connectivity index (χ2v) is 8.34. The average Bonchev–Trinajstić information content (AvgIpc) is 3.25. The maximum atomic E-state index is 5.96. The first-order valence-electron chi connectivity index (χ1n) is 7.86. The molecule has 0 saturated heterocycles. The first kappa shape index (κ1) is 13.0. The Labute approximate surface area is 144 Å². The molecule has 2 aromatic carbocycles. The second kappa shape index (κ2) is 4.21. The van der Waals surface area contributed by atoms with Gasteiger partial charge in [-0.05, 0) is 26.0 Å². The molecule has 0 aliphatic rings. The summed E-state index contributed by atoms with van der Waals surface area (Å²) in [7, 11) is 0. The number of furan rings is 2. The molecule has 24 heavy (non-hydrogen) atoms. The van der Waals surface area contributed by atoms with Crippen molar-refractivity contribution in [3.05, 3.63) is 47.9 Å². The van der Waals surface area contributed by atoms with Gasteiger partial charge in [0, 0.05) is 21.5 Å². The van der Waals surface area contributed by atoms with Gasteiger partial charge >= 0.3 is 0 Å². The zero-order chi connectivity index (χ0) is 16.0. The molecule has 6 rings (SSSR count). The molecule has 4 aromatic heterocycles. The minimum atomic E-state index is 0.965. The van der Waals surface area contributed by atoms with E-state index in [1.165, 1.54) is 40.3 Å². The number of hydrogen-bond donors (Lipinski definition) is 0. The second-order valence-electron chi connectivity index (χ2n) is 6.30. The monoisotopic (exact) mass is 348 g/mol. The standard InChI is InChI=1S/C20H12O2S2/c1-9-7-11-3-5-13-17(15(11)21-9)23-20-14-6-4-12-8-10(2)22-16(12)18(14)24-19(13)20/h3-8H,1-2H3. The van der Waals surface area contributed by atoms with Crippen molar-refractivity contribution in [2.45, 2.75) is 13.8 Å². The lowest BCUT2D eigenvalue weighted by molar-refractivity contribution is 0.581. The molecule has 4 heterocycles. The summed E-state index contributed by atoms with van der Waals surface area (Å²) in [6, 6.07) is 13.0. The minimum Gasteiger partial charge on any atom is -0.460 e. The van der Waals surface area contributed by atoms with Gasteiger partial charge in [0.2, 0.25) is 0 Å². The van der Waals surface area contributed by atoms with Crippen molar-refractivity contribution in [3.63, 3.8) is 0 Å². The van der Waals surface area contributed by atoms with Gasteiger partial charge in [-0.2, -0.15) is 0 Å². The maximum absolute atomic E-state index is 5.96. The van der Waals surface area contributed by atoms with E-state index in [9.17, 15) is 0 Å². The Morgan fingerprint density at radius 3 is 1.54 bits per heavy atom. The number of hydrogen-bond acceptors (Lipinski definition) is 4. The van der Waals surface area contributed by atoms with Gasteiger partial charge in [0.25, 0.3) is 0 Å². The predicted molar refractivity (Wildman–Crippen MR) is 104 cm³/mol. The van der Waals surface area contributed by atoms with Gasteiger partial charge in [0.15, 0.2) is 11.2 Å². The smallest absolute Gasteiger partial charge is 0.152 e. The normalized spacial score (nSPS) is 12.6.